The summed E-state index contributed by atoms with van der Waals surface area (Å²) in [5.74, 6) is 0.899. The molecule has 6 aromatic rings. The van der Waals surface area contributed by atoms with Crippen LogP contribution < -0.4 is 31.9 Å². The van der Waals surface area contributed by atoms with Crippen molar-refractivity contribution in [2.75, 3.05) is 51.5 Å². The summed E-state index contributed by atoms with van der Waals surface area (Å²) in [6.07, 6.45) is 5.17. The van der Waals surface area contributed by atoms with Crippen molar-refractivity contribution < 1.29 is 44.5 Å². The lowest BCUT2D eigenvalue weighted by atomic mass is 9.68. The third-order valence-electron chi connectivity index (χ3n) is 18.4. The van der Waals surface area contributed by atoms with Crippen LogP contribution in [0.15, 0.2) is 91.4 Å². The van der Waals surface area contributed by atoms with Gasteiger partial charge in [-0.2, -0.15) is 57.1 Å². The maximum Gasteiger partial charge on any atom is 0.416 e. The highest BCUT2D eigenvalue weighted by Crippen LogP contribution is 2.43. The van der Waals surface area contributed by atoms with Crippen molar-refractivity contribution in [3.8, 4) is 18.2 Å². The van der Waals surface area contributed by atoms with E-state index in [4.69, 9.17) is 0 Å². The Morgan fingerprint density at radius 2 is 0.914 bits per heavy atom. The van der Waals surface area contributed by atoms with Gasteiger partial charge < -0.3 is 37.0 Å². The van der Waals surface area contributed by atoms with Gasteiger partial charge in [0, 0.05) is 54.5 Å². The summed E-state index contributed by atoms with van der Waals surface area (Å²) >= 11 is 0. The van der Waals surface area contributed by atoms with E-state index in [-0.39, 0.29) is 50.3 Å². The molecule has 3 aliphatic rings. The van der Waals surface area contributed by atoms with Crippen molar-refractivity contribution in [2.45, 2.75) is 182 Å². The second kappa shape index (κ2) is 31.0. The molecule has 0 radical (unpaired) electrons. The molecule has 504 valence electrons. The zero-order chi connectivity index (χ0) is 67.9. The number of hydrogen-bond donors (Lipinski definition) is 7. The third kappa shape index (κ3) is 20.8. The molecule has 93 heavy (non-hydrogen) atoms. The van der Waals surface area contributed by atoms with E-state index in [1.54, 1.807) is 24.3 Å². The summed E-state index contributed by atoms with van der Waals surface area (Å²) in [5.41, 5.74) is 1.95. The van der Waals surface area contributed by atoms with E-state index in [1.165, 1.54) is 42.9 Å². The van der Waals surface area contributed by atoms with E-state index in [1.807, 2.05) is 13.8 Å². The van der Waals surface area contributed by atoms with Gasteiger partial charge in [0.05, 0.1) is 35.8 Å². The molecule has 3 saturated carbocycles. The summed E-state index contributed by atoms with van der Waals surface area (Å²) in [4.78, 5) is 25.9. The number of aromatic nitrogens is 6. The number of nitrogens with zero attached hydrogens (tertiary/aromatic N) is 9. The number of rotatable bonds is 19. The Balaban J connectivity index is 0.000000302. The maximum absolute atomic E-state index is 13.8. The van der Waals surface area contributed by atoms with Gasteiger partial charge in [0.1, 0.15) is 52.4 Å². The monoisotopic (exact) mass is 1300 g/mol. The topological polar surface area (TPSA) is 241 Å². The Labute approximate surface area is 544 Å². The molecular weight excluding hydrogens is 1210 g/mol. The number of anilines is 6. The summed E-state index contributed by atoms with van der Waals surface area (Å²) in [5, 5.41) is 57.8. The molecule has 3 fully saturated rings. The summed E-state index contributed by atoms with van der Waals surface area (Å²) in [6.45, 7) is 19.8. The fraction of sp³-hybridized carbons (Fsp3) is 0.522. The predicted octanol–water partition coefficient (Wildman–Crippen LogP) is 16.5. The van der Waals surface area contributed by atoms with E-state index in [0.717, 1.165) is 88.1 Å². The van der Waals surface area contributed by atoms with Crippen molar-refractivity contribution >= 4 is 35.3 Å². The van der Waals surface area contributed by atoms with Gasteiger partial charge in [-0.3, -0.25) is 0 Å². The zero-order valence-corrected chi connectivity index (χ0v) is 54.2. The van der Waals surface area contributed by atoms with Crippen LogP contribution in [0.5, 0.6) is 0 Å². The molecule has 24 heteroatoms. The van der Waals surface area contributed by atoms with E-state index < -0.39 is 29.4 Å². The van der Waals surface area contributed by atoms with Gasteiger partial charge in [-0.05, 0) is 140 Å². The van der Waals surface area contributed by atoms with Crippen LogP contribution in [0, 0.1) is 62.1 Å². The number of benzene rings is 3. The lowest BCUT2D eigenvalue weighted by Gasteiger charge is -2.41. The van der Waals surface area contributed by atoms with Gasteiger partial charge in [0.15, 0.2) is 0 Å². The van der Waals surface area contributed by atoms with Crippen LogP contribution in [-0.4, -0.2) is 78.9 Å². The number of alkyl halides is 8. The number of nitriles is 3. The molecule has 0 unspecified atom stereocenters. The highest BCUT2D eigenvalue weighted by atomic mass is 19.4. The molecule has 9 rings (SSSR count). The molecule has 0 bridgehead atoms. The molecule has 0 aliphatic heterocycles. The number of hydrogen-bond acceptors (Lipinski definition) is 16. The Morgan fingerprint density at radius 3 is 1.32 bits per heavy atom. The molecule has 7 N–H and O–H groups in total. The summed E-state index contributed by atoms with van der Waals surface area (Å²) in [6, 6.07) is 23.8. The molecule has 6 atom stereocenters. The standard InChI is InChI=1S/2C23H28F3N5.C23H29F2N5O.3H2/c1-15-4-9-19(12-22(15,2)3)30-20-17(13-27)14-29-21(31-20)28-11-10-16-5-7-18(8-6-16)23(24,25)26;1-15-7-8-19(12-22(15,2)3)30-20-17(13-27)14-29-21(31-20)28-10-9-16-5-4-6-18(11-16)23(24,25)26;1-22(2)12-17(8-9-19(22)31)29-20-16(13-26)14-28-21(30-20)27-11-10-15-6-4-5-7-18(15)23(3,24)25;;;/h5-8,14-15,19H,4,9-12H2,1-3H3,(H2,28,29,30,31);4-6,11,14-15,19H,7-10,12H2,1-3H3,(H2,28,29,30,31);4-7,14,17,19,31H,8-12H2,1-3H3,(H2,27,28,29,30);3*1H/t2*15-,19+;17-,19+;;;/m001.../s1. The number of aliphatic hydroxyl groups is 1. The van der Waals surface area contributed by atoms with Crippen LogP contribution in [0.25, 0.3) is 0 Å². The van der Waals surface area contributed by atoms with Crippen molar-refractivity contribution in [3.05, 3.63) is 141 Å². The SMILES string of the molecule is CC(F)(F)c1ccccc1CCNc1ncc(C#N)c(N[C@@H]2CC[C@H](O)C(C)(C)C2)n1.C[C@H]1CC[C@@H](Nc2nc(NCCc3ccc(C(F)(F)F)cc3)ncc2C#N)CC1(C)C.C[C@H]1CC[C@@H](Nc2nc(NCCc3cccc(C(F)(F)F)c3)ncc2C#N)CC1(C)C.[HH].[HH].[HH]. The van der Waals surface area contributed by atoms with Crippen LogP contribution in [0.1, 0.15) is 174 Å². The van der Waals surface area contributed by atoms with Crippen LogP contribution in [0.4, 0.5) is 70.4 Å². The Hall–Kier alpha value is -8.43. The molecule has 0 spiro atoms. The van der Waals surface area contributed by atoms with Crippen LogP contribution in [0.3, 0.4) is 0 Å². The van der Waals surface area contributed by atoms with Crippen LogP contribution in [-0.2, 0) is 37.5 Å². The third-order valence-corrected chi connectivity index (χ3v) is 18.4. The van der Waals surface area contributed by atoms with Crippen molar-refractivity contribution in [1.82, 2.24) is 29.9 Å². The fourth-order valence-corrected chi connectivity index (χ4v) is 12.0. The Morgan fingerprint density at radius 1 is 0.505 bits per heavy atom. The Bertz CT molecular complexity index is 3590. The van der Waals surface area contributed by atoms with Gasteiger partial charge in [-0.1, -0.05) is 110 Å². The van der Waals surface area contributed by atoms with E-state index in [2.05, 4.69) is 122 Å². The first-order valence-corrected chi connectivity index (χ1v) is 31.6. The largest absolute Gasteiger partial charge is 0.416 e. The second-order valence-corrected chi connectivity index (χ2v) is 26.8. The number of halogens is 8. The minimum atomic E-state index is -4.36. The summed E-state index contributed by atoms with van der Waals surface area (Å²) in [7, 11) is 0. The predicted molar refractivity (Wildman–Crippen MR) is 352 cm³/mol. The molecule has 3 heterocycles. The van der Waals surface area contributed by atoms with Crippen molar-refractivity contribution in [2.24, 2.45) is 28.1 Å². The average Bonchev–Trinajstić information content (AvgIpc) is 0.893. The maximum atomic E-state index is 13.8. The highest BCUT2D eigenvalue weighted by Gasteiger charge is 2.38. The normalized spacial score (nSPS) is 20.7. The molecule has 3 aromatic heterocycles. The van der Waals surface area contributed by atoms with Crippen LogP contribution >= 0.6 is 0 Å². The second-order valence-electron chi connectivity index (χ2n) is 26.8. The van der Waals surface area contributed by atoms with Crippen LogP contribution in [0.2, 0.25) is 0 Å². The Kier molecular flexibility index (Phi) is 24.0. The van der Waals surface area contributed by atoms with Gasteiger partial charge in [0.2, 0.25) is 17.8 Å². The lowest BCUT2D eigenvalue weighted by molar-refractivity contribution is -0.138. The molecule has 0 saturated heterocycles. The molecule has 3 aromatic carbocycles. The van der Waals surface area contributed by atoms with Crippen molar-refractivity contribution in [3.63, 3.8) is 0 Å². The molecular formula is C69H91F8N15O. The zero-order valence-electron chi connectivity index (χ0n) is 54.2. The lowest BCUT2D eigenvalue weighted by Crippen LogP contribution is -2.41. The first-order valence-electron chi connectivity index (χ1n) is 31.6. The number of nitrogens with one attached hydrogen (secondary N) is 6. The van der Waals surface area contributed by atoms with Gasteiger partial charge in [-0.25, -0.2) is 23.7 Å². The molecule has 0 amide bonds. The quantitative estimate of drug-likeness (QED) is 0.0373. The molecule has 3 aliphatic carbocycles. The minimum Gasteiger partial charge on any atom is -0.393 e. The first kappa shape index (κ1) is 72.0. The number of aliphatic hydroxyl groups excluding tert-OH is 1. The molecule has 16 nitrogen and oxygen atoms in total. The van der Waals surface area contributed by atoms with E-state index in [0.29, 0.717) is 120 Å². The smallest absolute Gasteiger partial charge is 0.393 e. The van der Waals surface area contributed by atoms with E-state index in [9.17, 15) is 56.0 Å². The van der Waals surface area contributed by atoms with Gasteiger partial charge in [0.25, 0.3) is 5.92 Å². The fourth-order valence-electron chi connectivity index (χ4n) is 12.0. The van der Waals surface area contributed by atoms with Gasteiger partial charge in [-0.15, -0.1) is 0 Å². The summed E-state index contributed by atoms with van der Waals surface area (Å²) < 4.78 is 104. The highest BCUT2D eigenvalue weighted by molar-refractivity contribution is 5.56. The van der Waals surface area contributed by atoms with E-state index >= 15 is 0 Å². The average molecular weight is 1300 g/mol. The first-order chi connectivity index (χ1) is 43.8. The van der Waals surface area contributed by atoms with Crippen molar-refractivity contribution in [1.29, 1.82) is 15.8 Å². The van der Waals surface area contributed by atoms with Gasteiger partial charge >= 0.3 is 12.4 Å². The minimum absolute atomic E-state index is 0.